The van der Waals surface area contributed by atoms with Crippen LogP contribution in [0.2, 0.25) is 0 Å². The monoisotopic (exact) mass is 195 g/mol. The minimum Gasteiger partial charge on any atom is -0.288 e. The molecule has 0 aromatic rings. The van der Waals surface area contributed by atoms with Gasteiger partial charge in [-0.25, -0.2) is 5.06 Å². The quantitative estimate of drug-likeness (QED) is 0.552. The zero-order valence-electron chi connectivity index (χ0n) is 7.47. The van der Waals surface area contributed by atoms with Crippen molar-refractivity contribution in [2.45, 2.75) is 26.1 Å². The smallest absolute Gasteiger partial charge is 0.288 e. The van der Waals surface area contributed by atoms with E-state index < -0.39 is 12.2 Å². The van der Waals surface area contributed by atoms with E-state index in [-0.39, 0.29) is 10.8 Å². The number of allylic oxidation sites excluding steroid dienone is 2. The molecule has 76 valence electrons. The molecule has 0 heterocycles. The molecule has 0 aliphatic carbocycles. The van der Waals surface area contributed by atoms with E-state index in [1.807, 2.05) is 0 Å². The lowest BCUT2D eigenvalue weighted by Gasteiger charge is -2.26. The molecule has 0 spiro atoms. The van der Waals surface area contributed by atoms with E-state index in [2.05, 4.69) is 6.58 Å². The van der Waals surface area contributed by atoms with Crippen LogP contribution >= 0.6 is 0 Å². The van der Waals surface area contributed by atoms with Crippen LogP contribution in [-0.2, 0) is 0 Å². The molecule has 5 heteroatoms. The first-order chi connectivity index (χ1) is 5.80. The summed E-state index contributed by atoms with van der Waals surface area (Å²) in [6.45, 7) is 5.75. The Kier molecular flexibility index (Phi) is 4.00. The number of hydrogen-bond acceptors (Lipinski definition) is 2. The van der Waals surface area contributed by atoms with Crippen LogP contribution in [0.1, 0.15) is 13.8 Å². The molecule has 1 atom stereocenters. The maximum absolute atomic E-state index is 12.0. The summed E-state index contributed by atoms with van der Waals surface area (Å²) in [4.78, 5) is 0. The van der Waals surface area contributed by atoms with Crippen LogP contribution in [0.25, 0.3) is 0 Å². The first kappa shape index (κ1) is 12.0. The van der Waals surface area contributed by atoms with Gasteiger partial charge in [0.2, 0.25) is 0 Å². The third-order valence-electron chi connectivity index (χ3n) is 1.49. The fraction of sp³-hybridized carbons (Fsp3) is 0.500. The standard InChI is InChI=1S/C8H12F3NO/c1-4-5-6(2)12(13)7(3)8(9,10)11/h4-5,7,13H,2H2,1,3H3/b5-4-. The van der Waals surface area contributed by atoms with Gasteiger partial charge in [0.25, 0.3) is 0 Å². The molecule has 0 amide bonds. The van der Waals surface area contributed by atoms with Gasteiger partial charge in [0, 0.05) is 0 Å². The SMILES string of the molecule is C=C(/C=C\C)N(O)C(C)C(F)(F)F. The van der Waals surface area contributed by atoms with Gasteiger partial charge in [0.05, 0.1) is 5.70 Å². The van der Waals surface area contributed by atoms with E-state index in [4.69, 9.17) is 5.21 Å². The van der Waals surface area contributed by atoms with Gasteiger partial charge in [0.1, 0.15) is 6.04 Å². The van der Waals surface area contributed by atoms with E-state index in [1.54, 1.807) is 6.92 Å². The second kappa shape index (κ2) is 4.32. The van der Waals surface area contributed by atoms with Gasteiger partial charge in [-0.3, -0.25) is 5.21 Å². The van der Waals surface area contributed by atoms with Crippen LogP contribution in [0, 0.1) is 0 Å². The fourth-order valence-electron chi connectivity index (χ4n) is 0.656. The molecule has 0 aliphatic heterocycles. The van der Waals surface area contributed by atoms with Crippen LogP contribution in [-0.4, -0.2) is 22.5 Å². The molecule has 0 saturated carbocycles. The molecule has 0 aromatic carbocycles. The Morgan fingerprint density at radius 2 is 2.00 bits per heavy atom. The highest BCUT2D eigenvalue weighted by molar-refractivity contribution is 5.11. The molecule has 1 unspecified atom stereocenters. The van der Waals surface area contributed by atoms with E-state index in [0.717, 1.165) is 6.92 Å². The molecule has 0 aliphatic rings. The Balaban J connectivity index is 4.43. The lowest BCUT2D eigenvalue weighted by molar-refractivity contribution is -0.230. The summed E-state index contributed by atoms with van der Waals surface area (Å²) < 4.78 is 36.1. The van der Waals surface area contributed by atoms with Gasteiger partial charge in [-0.2, -0.15) is 13.2 Å². The Labute approximate surface area is 74.9 Å². The van der Waals surface area contributed by atoms with Gasteiger partial charge < -0.3 is 0 Å². The van der Waals surface area contributed by atoms with Crippen molar-refractivity contribution in [3.05, 3.63) is 24.4 Å². The fourth-order valence-corrected chi connectivity index (χ4v) is 0.656. The molecule has 0 bridgehead atoms. The Hall–Kier alpha value is -0.970. The molecule has 2 nitrogen and oxygen atoms in total. The Bertz CT molecular complexity index is 210. The molecular formula is C8H12F3NO. The average molecular weight is 195 g/mol. The highest BCUT2D eigenvalue weighted by Crippen LogP contribution is 2.25. The summed E-state index contributed by atoms with van der Waals surface area (Å²) in [5.41, 5.74) is -0.0904. The van der Waals surface area contributed by atoms with Crippen molar-refractivity contribution in [3.63, 3.8) is 0 Å². The number of hydroxylamine groups is 2. The summed E-state index contributed by atoms with van der Waals surface area (Å²) in [5.74, 6) is 0. The highest BCUT2D eigenvalue weighted by Gasteiger charge is 2.40. The van der Waals surface area contributed by atoms with Crippen molar-refractivity contribution in [3.8, 4) is 0 Å². The molecular weight excluding hydrogens is 183 g/mol. The zero-order valence-corrected chi connectivity index (χ0v) is 7.47. The summed E-state index contributed by atoms with van der Waals surface area (Å²) in [5, 5.41) is 9.11. The maximum atomic E-state index is 12.0. The van der Waals surface area contributed by atoms with E-state index >= 15 is 0 Å². The molecule has 0 saturated heterocycles. The van der Waals surface area contributed by atoms with Crippen LogP contribution < -0.4 is 0 Å². The first-order valence-electron chi connectivity index (χ1n) is 3.67. The van der Waals surface area contributed by atoms with Crippen molar-refractivity contribution < 1.29 is 18.4 Å². The number of hydrogen-bond donors (Lipinski definition) is 1. The number of rotatable bonds is 3. The minimum absolute atomic E-state index is 0.0904. The molecule has 0 fully saturated rings. The lowest BCUT2D eigenvalue weighted by Crippen LogP contribution is -2.40. The van der Waals surface area contributed by atoms with Gasteiger partial charge >= 0.3 is 6.18 Å². The van der Waals surface area contributed by atoms with Gasteiger partial charge in [-0.05, 0) is 19.9 Å². The molecule has 1 N–H and O–H groups in total. The van der Waals surface area contributed by atoms with E-state index in [1.165, 1.54) is 12.2 Å². The van der Waals surface area contributed by atoms with Crippen molar-refractivity contribution in [2.24, 2.45) is 0 Å². The van der Waals surface area contributed by atoms with Crippen LogP contribution in [0.5, 0.6) is 0 Å². The maximum Gasteiger partial charge on any atom is 0.410 e. The number of halogens is 3. The molecule has 13 heavy (non-hydrogen) atoms. The summed E-state index contributed by atoms with van der Waals surface area (Å²) in [6, 6.07) is -1.95. The lowest BCUT2D eigenvalue weighted by atomic mass is 10.3. The molecule has 0 radical (unpaired) electrons. The predicted molar refractivity (Wildman–Crippen MR) is 43.1 cm³/mol. The van der Waals surface area contributed by atoms with Crippen LogP contribution in [0.3, 0.4) is 0 Å². The normalized spacial score (nSPS) is 14.6. The van der Waals surface area contributed by atoms with Crippen molar-refractivity contribution in [1.29, 1.82) is 0 Å². The second-order valence-electron chi connectivity index (χ2n) is 2.55. The van der Waals surface area contributed by atoms with E-state index in [0.29, 0.717) is 0 Å². The molecule has 0 rings (SSSR count). The summed E-state index contributed by atoms with van der Waals surface area (Å²) in [6.07, 6.45) is -1.67. The van der Waals surface area contributed by atoms with Crippen LogP contribution in [0.4, 0.5) is 13.2 Å². The average Bonchev–Trinajstić information content (AvgIpc) is 2.00. The first-order valence-corrected chi connectivity index (χ1v) is 3.67. The zero-order chi connectivity index (χ0) is 10.6. The van der Waals surface area contributed by atoms with E-state index in [9.17, 15) is 13.2 Å². The minimum atomic E-state index is -4.46. The van der Waals surface area contributed by atoms with Crippen molar-refractivity contribution >= 4 is 0 Å². The topological polar surface area (TPSA) is 23.5 Å². The third-order valence-corrected chi connectivity index (χ3v) is 1.49. The number of nitrogens with zero attached hydrogens (tertiary/aromatic N) is 1. The second-order valence-corrected chi connectivity index (χ2v) is 2.55. The highest BCUT2D eigenvalue weighted by atomic mass is 19.4. The van der Waals surface area contributed by atoms with Gasteiger partial charge in [-0.1, -0.05) is 12.7 Å². The van der Waals surface area contributed by atoms with Gasteiger partial charge in [0.15, 0.2) is 0 Å². The van der Waals surface area contributed by atoms with Gasteiger partial charge in [-0.15, -0.1) is 0 Å². The summed E-state index contributed by atoms with van der Waals surface area (Å²) >= 11 is 0. The Morgan fingerprint density at radius 1 is 1.54 bits per heavy atom. The largest absolute Gasteiger partial charge is 0.410 e. The Morgan fingerprint density at radius 3 is 2.31 bits per heavy atom. The van der Waals surface area contributed by atoms with Crippen LogP contribution in [0.15, 0.2) is 24.4 Å². The third kappa shape index (κ3) is 3.50. The van der Waals surface area contributed by atoms with Crippen molar-refractivity contribution in [2.75, 3.05) is 0 Å². The molecule has 0 aromatic heterocycles. The summed E-state index contributed by atoms with van der Waals surface area (Å²) in [7, 11) is 0. The predicted octanol–water partition coefficient (Wildman–Crippen LogP) is 2.72. The van der Waals surface area contributed by atoms with Crippen molar-refractivity contribution in [1.82, 2.24) is 5.06 Å². The number of alkyl halides is 3.